The number of rotatable bonds is 6. The minimum Gasteiger partial charge on any atom is -0.489 e. The highest BCUT2D eigenvalue weighted by molar-refractivity contribution is 6.05. The van der Waals surface area contributed by atoms with E-state index in [9.17, 15) is 14.4 Å². The van der Waals surface area contributed by atoms with Crippen molar-refractivity contribution in [3.8, 4) is 5.75 Å². The molecule has 1 aromatic rings. The highest BCUT2D eigenvalue weighted by atomic mass is 16.5. The van der Waals surface area contributed by atoms with Crippen LogP contribution < -0.4 is 10.1 Å². The van der Waals surface area contributed by atoms with E-state index in [0.29, 0.717) is 24.6 Å². The quantitative estimate of drug-likeness (QED) is 0.644. The van der Waals surface area contributed by atoms with Gasteiger partial charge in [0, 0.05) is 38.7 Å². The van der Waals surface area contributed by atoms with Crippen LogP contribution in [0.5, 0.6) is 5.75 Å². The molecule has 3 amide bonds. The zero-order chi connectivity index (χ0) is 23.7. The van der Waals surface area contributed by atoms with Crippen molar-refractivity contribution in [1.82, 2.24) is 15.1 Å². The summed E-state index contributed by atoms with van der Waals surface area (Å²) in [6.07, 6.45) is 8.19. The van der Waals surface area contributed by atoms with Crippen LogP contribution in [0.4, 0.5) is 0 Å². The van der Waals surface area contributed by atoms with Gasteiger partial charge in [-0.1, -0.05) is 0 Å². The minimum atomic E-state index is -0.590. The molecule has 1 N–H and O–H groups in total. The Balaban J connectivity index is 1.17. The molecule has 3 fully saturated rings. The minimum absolute atomic E-state index is 0.144. The topological polar surface area (TPSA) is 88.2 Å². The predicted molar refractivity (Wildman–Crippen MR) is 125 cm³/mol. The maximum atomic E-state index is 12.9. The van der Waals surface area contributed by atoms with E-state index in [2.05, 4.69) is 10.2 Å². The fourth-order valence-electron chi connectivity index (χ4n) is 6.01. The lowest BCUT2D eigenvalue weighted by Crippen LogP contribution is -2.52. The summed E-state index contributed by atoms with van der Waals surface area (Å²) in [5.74, 6) is 0.721. The number of carbonyl (C=O) groups excluding carboxylic acids is 3. The molecule has 8 nitrogen and oxygen atoms in total. The monoisotopic (exact) mass is 469 g/mol. The van der Waals surface area contributed by atoms with E-state index >= 15 is 0 Å². The third kappa shape index (κ3) is 4.98. The number of carbonyl (C=O) groups is 3. The van der Waals surface area contributed by atoms with Crippen LogP contribution >= 0.6 is 0 Å². The number of piperidine rings is 2. The Hall–Kier alpha value is -2.45. The van der Waals surface area contributed by atoms with Gasteiger partial charge in [-0.3, -0.25) is 24.6 Å². The van der Waals surface area contributed by atoms with Gasteiger partial charge in [0.1, 0.15) is 17.9 Å². The Bertz CT molecular complexity index is 942. The summed E-state index contributed by atoms with van der Waals surface area (Å²) in [6, 6.07) is 5.04. The number of hydrogen-bond donors (Lipinski definition) is 1. The van der Waals surface area contributed by atoms with Gasteiger partial charge in [-0.15, -0.1) is 0 Å². The Morgan fingerprint density at radius 3 is 2.62 bits per heavy atom. The van der Waals surface area contributed by atoms with Crippen molar-refractivity contribution in [2.75, 3.05) is 26.7 Å². The Morgan fingerprint density at radius 2 is 1.85 bits per heavy atom. The molecule has 4 aliphatic rings. The normalized spacial score (nSPS) is 30.3. The van der Waals surface area contributed by atoms with Gasteiger partial charge in [-0.25, -0.2) is 0 Å². The van der Waals surface area contributed by atoms with E-state index in [0.717, 1.165) is 49.7 Å². The van der Waals surface area contributed by atoms with Crippen LogP contribution in [0.1, 0.15) is 67.3 Å². The summed E-state index contributed by atoms with van der Waals surface area (Å²) in [6.45, 7) is 3.57. The number of likely N-dealkylation sites (tertiary alicyclic amines) is 1. The molecule has 3 heterocycles. The van der Waals surface area contributed by atoms with Gasteiger partial charge in [0.05, 0.1) is 6.10 Å². The first-order valence-corrected chi connectivity index (χ1v) is 12.7. The van der Waals surface area contributed by atoms with Gasteiger partial charge in [0.25, 0.3) is 5.91 Å². The first kappa shape index (κ1) is 23.3. The first-order chi connectivity index (χ1) is 16.5. The van der Waals surface area contributed by atoms with Crippen molar-refractivity contribution in [2.45, 2.75) is 76.2 Å². The van der Waals surface area contributed by atoms with Crippen LogP contribution in [0.15, 0.2) is 18.2 Å². The fourth-order valence-corrected chi connectivity index (χ4v) is 6.01. The second kappa shape index (κ2) is 10.0. The van der Waals surface area contributed by atoms with E-state index in [-0.39, 0.29) is 30.2 Å². The summed E-state index contributed by atoms with van der Waals surface area (Å²) >= 11 is 0. The van der Waals surface area contributed by atoms with Gasteiger partial charge in [-0.05, 0) is 81.2 Å². The molecule has 5 rings (SSSR count). The van der Waals surface area contributed by atoms with Crippen molar-refractivity contribution in [3.63, 3.8) is 0 Å². The van der Waals surface area contributed by atoms with E-state index in [4.69, 9.17) is 9.47 Å². The number of imide groups is 1. The lowest BCUT2D eigenvalue weighted by Gasteiger charge is -2.37. The maximum absolute atomic E-state index is 12.9. The van der Waals surface area contributed by atoms with Gasteiger partial charge in [-0.2, -0.15) is 0 Å². The molecule has 3 aliphatic heterocycles. The highest BCUT2D eigenvalue weighted by Gasteiger charge is 2.39. The first-order valence-electron chi connectivity index (χ1n) is 12.7. The van der Waals surface area contributed by atoms with Crippen molar-refractivity contribution in [2.24, 2.45) is 5.92 Å². The molecule has 0 radical (unpaired) electrons. The number of methoxy groups -OCH3 is 1. The van der Waals surface area contributed by atoms with Gasteiger partial charge in [0.15, 0.2) is 0 Å². The average Bonchev–Trinajstić information content (AvgIpc) is 3.15. The van der Waals surface area contributed by atoms with Crippen LogP contribution in [0.3, 0.4) is 0 Å². The SMILES string of the molecule is COC1CCC(CN2CCC[C@@H](Oc3ccc4c(c3)CN(C3CCC(=O)NC3=O)C4=O)C2)CC1. The summed E-state index contributed by atoms with van der Waals surface area (Å²) in [7, 11) is 1.82. The number of nitrogens with one attached hydrogen (secondary N) is 1. The zero-order valence-electron chi connectivity index (χ0n) is 20.0. The third-order valence-electron chi connectivity index (χ3n) is 7.90. The number of ether oxygens (including phenoxy) is 2. The smallest absolute Gasteiger partial charge is 0.255 e. The molecule has 1 saturated carbocycles. The Labute approximate surface area is 200 Å². The average molecular weight is 470 g/mol. The molecule has 1 unspecified atom stereocenters. The second-order valence-corrected chi connectivity index (χ2v) is 10.2. The Kier molecular flexibility index (Phi) is 6.88. The lowest BCUT2D eigenvalue weighted by atomic mass is 9.86. The van der Waals surface area contributed by atoms with Crippen molar-refractivity contribution in [3.05, 3.63) is 29.3 Å². The number of hydrogen-bond acceptors (Lipinski definition) is 6. The van der Waals surface area contributed by atoms with E-state index in [1.54, 1.807) is 4.90 Å². The third-order valence-corrected chi connectivity index (χ3v) is 7.90. The molecule has 184 valence electrons. The van der Waals surface area contributed by atoms with Crippen LogP contribution in [0.2, 0.25) is 0 Å². The molecule has 34 heavy (non-hydrogen) atoms. The van der Waals surface area contributed by atoms with Gasteiger partial charge >= 0.3 is 0 Å². The zero-order valence-corrected chi connectivity index (χ0v) is 20.0. The van der Waals surface area contributed by atoms with E-state index in [1.807, 2.05) is 25.3 Å². The van der Waals surface area contributed by atoms with E-state index < -0.39 is 6.04 Å². The lowest BCUT2D eigenvalue weighted by molar-refractivity contribution is -0.136. The summed E-state index contributed by atoms with van der Waals surface area (Å²) in [5, 5.41) is 2.35. The number of nitrogens with zero attached hydrogens (tertiary/aromatic N) is 2. The largest absolute Gasteiger partial charge is 0.489 e. The highest BCUT2D eigenvalue weighted by Crippen LogP contribution is 2.32. The number of fused-ring (bicyclic) bond motifs is 1. The number of benzene rings is 1. The van der Waals surface area contributed by atoms with E-state index in [1.165, 1.54) is 25.7 Å². The van der Waals surface area contributed by atoms with Crippen LogP contribution in [0, 0.1) is 5.92 Å². The second-order valence-electron chi connectivity index (χ2n) is 10.2. The molecule has 1 aliphatic carbocycles. The predicted octanol–water partition coefficient (Wildman–Crippen LogP) is 2.50. The maximum Gasteiger partial charge on any atom is 0.255 e. The standard InChI is InChI=1S/C26H35N3O5/c1-33-19-6-4-17(5-7-19)14-28-12-2-3-21(16-28)34-20-8-9-22-18(13-20)15-29(26(22)32)23-10-11-24(30)27-25(23)31/h8-9,13,17,19,21,23H,2-7,10-12,14-16H2,1H3,(H,27,30,31)/t17?,19?,21-,23?/m1/s1. The molecule has 0 spiro atoms. The summed E-state index contributed by atoms with van der Waals surface area (Å²) < 4.78 is 11.9. The molecule has 8 heteroatoms. The molecule has 0 bridgehead atoms. The molecule has 1 aromatic carbocycles. The fraction of sp³-hybridized carbons (Fsp3) is 0.654. The van der Waals surface area contributed by atoms with Gasteiger partial charge in [0.2, 0.25) is 11.8 Å². The molecular weight excluding hydrogens is 434 g/mol. The molecule has 2 atom stereocenters. The Morgan fingerprint density at radius 1 is 1.03 bits per heavy atom. The van der Waals surface area contributed by atoms with Crippen LogP contribution in [0.25, 0.3) is 0 Å². The molecule has 2 saturated heterocycles. The van der Waals surface area contributed by atoms with Crippen LogP contribution in [-0.2, 0) is 20.9 Å². The van der Waals surface area contributed by atoms with Crippen molar-refractivity contribution < 1.29 is 23.9 Å². The summed E-state index contributed by atoms with van der Waals surface area (Å²) in [4.78, 5) is 40.8. The van der Waals surface area contributed by atoms with Crippen molar-refractivity contribution >= 4 is 17.7 Å². The van der Waals surface area contributed by atoms with Crippen molar-refractivity contribution in [1.29, 1.82) is 0 Å². The molecular formula is C26H35N3O5. The molecule has 0 aromatic heterocycles. The number of amides is 3. The van der Waals surface area contributed by atoms with Gasteiger partial charge < -0.3 is 14.4 Å². The van der Waals surface area contributed by atoms with Crippen LogP contribution in [-0.4, -0.2) is 72.5 Å². The summed E-state index contributed by atoms with van der Waals surface area (Å²) in [5.41, 5.74) is 1.50.